The number of benzene rings is 2. The van der Waals surface area contributed by atoms with Crippen molar-refractivity contribution < 1.29 is 18.7 Å². The molecular formula is C21H19FN4O3. The van der Waals surface area contributed by atoms with E-state index in [4.69, 9.17) is 4.74 Å². The van der Waals surface area contributed by atoms with Gasteiger partial charge in [0.25, 0.3) is 5.91 Å². The number of hydrogen-bond donors (Lipinski definition) is 2. The van der Waals surface area contributed by atoms with Crippen molar-refractivity contribution in [1.29, 1.82) is 0 Å². The lowest BCUT2D eigenvalue weighted by Crippen LogP contribution is -2.16. The van der Waals surface area contributed by atoms with Crippen LogP contribution in [-0.2, 0) is 4.74 Å². The summed E-state index contributed by atoms with van der Waals surface area (Å²) < 4.78 is 18.8. The lowest BCUT2D eigenvalue weighted by Gasteiger charge is -2.12. The molecule has 0 saturated carbocycles. The number of amides is 1. The Morgan fingerprint density at radius 2 is 1.72 bits per heavy atom. The highest BCUT2D eigenvalue weighted by molar-refractivity contribution is 6.03. The molecule has 0 spiro atoms. The number of esters is 1. The molecular weight excluding hydrogens is 375 g/mol. The Labute approximate surface area is 167 Å². The fourth-order valence-corrected chi connectivity index (χ4v) is 2.59. The topological polar surface area (TPSA) is 93.2 Å². The molecule has 0 saturated heterocycles. The van der Waals surface area contributed by atoms with Crippen molar-refractivity contribution in [2.75, 3.05) is 17.2 Å². The molecule has 0 radical (unpaired) electrons. The fraction of sp³-hybridized carbons (Fsp3) is 0.143. The van der Waals surface area contributed by atoms with Crippen molar-refractivity contribution in [2.45, 2.75) is 13.8 Å². The van der Waals surface area contributed by atoms with Crippen LogP contribution < -0.4 is 10.6 Å². The summed E-state index contributed by atoms with van der Waals surface area (Å²) in [5.41, 5.74) is 1.39. The van der Waals surface area contributed by atoms with E-state index in [0.717, 1.165) is 0 Å². The van der Waals surface area contributed by atoms with E-state index in [1.807, 2.05) is 0 Å². The highest BCUT2D eigenvalue weighted by Gasteiger charge is 2.16. The zero-order valence-electron chi connectivity index (χ0n) is 15.9. The number of rotatable bonds is 6. The maximum Gasteiger partial charge on any atom is 0.340 e. The van der Waals surface area contributed by atoms with Gasteiger partial charge in [0.1, 0.15) is 11.5 Å². The number of nitrogens with one attached hydrogen (secondary N) is 2. The van der Waals surface area contributed by atoms with Gasteiger partial charge in [0.2, 0.25) is 5.95 Å². The quantitative estimate of drug-likeness (QED) is 0.612. The standard InChI is InChI=1S/C21H19FN4O3/c1-3-29-20(28)14-8-4-6-10-16(14)25-21-23-13(2)12-18(26-21)19(27)24-17-11-7-5-9-15(17)22/h4-12H,3H2,1-2H3,(H,24,27)(H,23,25,26). The molecule has 29 heavy (non-hydrogen) atoms. The van der Waals surface area contributed by atoms with Gasteiger partial charge in [-0.15, -0.1) is 0 Å². The summed E-state index contributed by atoms with van der Waals surface area (Å²) in [5.74, 6) is -1.49. The van der Waals surface area contributed by atoms with Gasteiger partial charge in [0, 0.05) is 5.69 Å². The van der Waals surface area contributed by atoms with Crippen molar-refractivity contribution in [3.05, 3.63) is 77.4 Å². The Balaban J connectivity index is 1.86. The molecule has 8 heteroatoms. The van der Waals surface area contributed by atoms with E-state index < -0.39 is 17.7 Å². The van der Waals surface area contributed by atoms with E-state index in [1.165, 1.54) is 24.3 Å². The number of aryl methyl sites for hydroxylation is 1. The molecule has 2 aromatic carbocycles. The van der Waals surface area contributed by atoms with Gasteiger partial charge < -0.3 is 15.4 Å². The molecule has 7 nitrogen and oxygen atoms in total. The fourth-order valence-electron chi connectivity index (χ4n) is 2.59. The average molecular weight is 394 g/mol. The van der Waals surface area contributed by atoms with E-state index in [9.17, 15) is 14.0 Å². The molecule has 0 bridgehead atoms. The van der Waals surface area contributed by atoms with Gasteiger partial charge in [0.15, 0.2) is 0 Å². The van der Waals surface area contributed by atoms with Crippen molar-refractivity contribution in [3.63, 3.8) is 0 Å². The number of halogens is 1. The molecule has 148 valence electrons. The highest BCUT2D eigenvalue weighted by Crippen LogP contribution is 2.21. The molecule has 3 aromatic rings. The lowest BCUT2D eigenvalue weighted by molar-refractivity contribution is 0.0527. The van der Waals surface area contributed by atoms with E-state index in [2.05, 4.69) is 20.6 Å². The van der Waals surface area contributed by atoms with Gasteiger partial charge in [-0.1, -0.05) is 24.3 Å². The van der Waals surface area contributed by atoms with Crippen LogP contribution in [-0.4, -0.2) is 28.5 Å². The molecule has 0 aliphatic heterocycles. The second-order valence-corrected chi connectivity index (χ2v) is 6.04. The molecule has 2 N–H and O–H groups in total. The van der Waals surface area contributed by atoms with E-state index >= 15 is 0 Å². The van der Waals surface area contributed by atoms with Gasteiger partial charge in [0.05, 0.1) is 23.5 Å². The van der Waals surface area contributed by atoms with E-state index in [1.54, 1.807) is 44.2 Å². The van der Waals surface area contributed by atoms with Crippen molar-refractivity contribution in [3.8, 4) is 0 Å². The number of anilines is 3. The Bertz CT molecular complexity index is 1060. The van der Waals surface area contributed by atoms with Gasteiger partial charge in [-0.05, 0) is 44.2 Å². The minimum Gasteiger partial charge on any atom is -0.462 e. The third kappa shape index (κ3) is 4.92. The molecule has 1 aromatic heterocycles. The minimum atomic E-state index is -0.581. The number of aromatic nitrogens is 2. The Morgan fingerprint density at radius 1 is 1.03 bits per heavy atom. The normalized spacial score (nSPS) is 10.3. The van der Waals surface area contributed by atoms with Gasteiger partial charge in [-0.2, -0.15) is 0 Å². The molecule has 0 atom stereocenters. The molecule has 0 aliphatic rings. The van der Waals surface area contributed by atoms with Crippen molar-refractivity contribution in [1.82, 2.24) is 9.97 Å². The maximum absolute atomic E-state index is 13.8. The SMILES string of the molecule is CCOC(=O)c1ccccc1Nc1nc(C)cc(C(=O)Nc2ccccc2F)n1. The van der Waals surface area contributed by atoms with E-state index in [-0.39, 0.29) is 23.9 Å². The third-order valence-corrected chi connectivity index (χ3v) is 3.88. The largest absolute Gasteiger partial charge is 0.462 e. The van der Waals surface area contributed by atoms with Crippen molar-refractivity contribution >= 4 is 29.2 Å². The summed E-state index contributed by atoms with van der Waals surface area (Å²) >= 11 is 0. The van der Waals surface area contributed by atoms with Crippen LogP contribution in [0.4, 0.5) is 21.7 Å². The first-order valence-corrected chi connectivity index (χ1v) is 8.92. The first-order valence-electron chi connectivity index (χ1n) is 8.92. The zero-order valence-corrected chi connectivity index (χ0v) is 15.9. The first-order chi connectivity index (χ1) is 14.0. The second-order valence-electron chi connectivity index (χ2n) is 6.04. The predicted octanol–water partition coefficient (Wildman–Crippen LogP) is 4.10. The van der Waals surface area contributed by atoms with E-state index in [0.29, 0.717) is 16.9 Å². The molecule has 0 unspecified atom stereocenters. The predicted molar refractivity (Wildman–Crippen MR) is 107 cm³/mol. The highest BCUT2D eigenvalue weighted by atomic mass is 19.1. The summed E-state index contributed by atoms with van der Waals surface area (Å²) in [6.45, 7) is 3.66. The number of carbonyl (C=O) groups excluding carboxylic acids is 2. The van der Waals surface area contributed by atoms with Gasteiger partial charge in [-0.3, -0.25) is 4.79 Å². The number of hydrogen-bond acceptors (Lipinski definition) is 6. The minimum absolute atomic E-state index is 0.0518. The Kier molecular flexibility index (Phi) is 6.13. The smallest absolute Gasteiger partial charge is 0.340 e. The lowest BCUT2D eigenvalue weighted by atomic mass is 10.2. The summed E-state index contributed by atoms with van der Waals surface area (Å²) in [6, 6.07) is 14.1. The summed E-state index contributed by atoms with van der Waals surface area (Å²) in [4.78, 5) is 33.1. The Hall–Kier alpha value is -3.81. The summed E-state index contributed by atoms with van der Waals surface area (Å²) in [5, 5.41) is 5.43. The molecule has 3 rings (SSSR count). The molecule has 0 aliphatic carbocycles. The van der Waals surface area contributed by atoms with Crippen molar-refractivity contribution in [2.24, 2.45) is 0 Å². The van der Waals surface area contributed by atoms with Crippen LogP contribution in [0.3, 0.4) is 0 Å². The first kappa shape index (κ1) is 19.9. The van der Waals surface area contributed by atoms with Crippen LogP contribution in [0.2, 0.25) is 0 Å². The molecule has 1 heterocycles. The second kappa shape index (κ2) is 8.92. The number of nitrogens with zero attached hydrogens (tertiary/aromatic N) is 2. The van der Waals surface area contributed by atoms with Crippen LogP contribution in [0.15, 0.2) is 54.6 Å². The van der Waals surface area contributed by atoms with Crippen LogP contribution in [0.1, 0.15) is 33.5 Å². The zero-order chi connectivity index (χ0) is 20.8. The maximum atomic E-state index is 13.8. The van der Waals surface area contributed by atoms with Crippen LogP contribution in [0.5, 0.6) is 0 Å². The number of para-hydroxylation sites is 2. The van der Waals surface area contributed by atoms with Crippen LogP contribution in [0, 0.1) is 12.7 Å². The monoisotopic (exact) mass is 394 g/mol. The Morgan fingerprint density at radius 3 is 2.45 bits per heavy atom. The summed E-state index contributed by atoms with van der Waals surface area (Å²) in [7, 11) is 0. The number of ether oxygens (including phenoxy) is 1. The molecule has 1 amide bonds. The summed E-state index contributed by atoms with van der Waals surface area (Å²) in [6.07, 6.45) is 0. The number of carbonyl (C=O) groups is 2. The molecule has 0 fully saturated rings. The van der Waals surface area contributed by atoms with Crippen LogP contribution in [0.25, 0.3) is 0 Å². The van der Waals surface area contributed by atoms with Gasteiger partial charge >= 0.3 is 5.97 Å². The van der Waals surface area contributed by atoms with Gasteiger partial charge in [-0.25, -0.2) is 19.2 Å². The van der Waals surface area contributed by atoms with Crippen LogP contribution >= 0.6 is 0 Å². The third-order valence-electron chi connectivity index (χ3n) is 3.88. The average Bonchev–Trinajstić information content (AvgIpc) is 2.70.